The van der Waals surface area contributed by atoms with Gasteiger partial charge in [0.25, 0.3) is 5.91 Å². The highest BCUT2D eigenvalue weighted by atomic mass is 32.2. The van der Waals surface area contributed by atoms with Crippen LogP contribution in [0.15, 0.2) is 48.5 Å². The summed E-state index contributed by atoms with van der Waals surface area (Å²) in [4.78, 5) is 14.1. The number of para-hydroxylation sites is 2. The fourth-order valence-electron chi connectivity index (χ4n) is 2.81. The Hall–Kier alpha value is -2.54. The maximum absolute atomic E-state index is 12.6. The Morgan fingerprint density at radius 2 is 1.77 bits per heavy atom. The van der Waals surface area contributed by atoms with Crippen molar-refractivity contribution in [2.75, 3.05) is 26.5 Å². The molecule has 1 atom stereocenters. The van der Waals surface area contributed by atoms with E-state index in [9.17, 15) is 13.2 Å². The Kier molecular flexibility index (Phi) is 5.18. The molecule has 0 aromatic heterocycles. The monoisotopic (exact) mass is 375 g/mol. The van der Waals surface area contributed by atoms with E-state index < -0.39 is 9.84 Å². The van der Waals surface area contributed by atoms with Crippen molar-refractivity contribution in [3.8, 4) is 11.5 Å². The maximum Gasteiger partial charge on any atom is 0.253 e. The number of benzene rings is 2. The third-order valence-corrected chi connectivity index (χ3v) is 4.88. The van der Waals surface area contributed by atoms with Crippen LogP contribution < -0.4 is 9.47 Å². The van der Waals surface area contributed by atoms with E-state index in [-0.39, 0.29) is 17.8 Å². The van der Waals surface area contributed by atoms with Crippen molar-refractivity contribution in [1.29, 1.82) is 0 Å². The number of hydrogen-bond donors (Lipinski definition) is 0. The second-order valence-corrected chi connectivity index (χ2v) is 8.59. The van der Waals surface area contributed by atoms with Gasteiger partial charge in [-0.05, 0) is 29.8 Å². The Labute approximate surface area is 153 Å². The van der Waals surface area contributed by atoms with Crippen molar-refractivity contribution < 1.29 is 22.7 Å². The van der Waals surface area contributed by atoms with Gasteiger partial charge in [-0.3, -0.25) is 4.79 Å². The number of ether oxygens (including phenoxy) is 2. The predicted octanol–water partition coefficient (Wildman–Crippen LogP) is 2.14. The molecule has 2 aromatic rings. The number of amides is 1. The maximum atomic E-state index is 12.6. The molecule has 0 saturated carbocycles. The van der Waals surface area contributed by atoms with Crippen LogP contribution in [0.25, 0.3) is 0 Å². The number of fused-ring (bicyclic) bond motifs is 1. The second kappa shape index (κ2) is 7.37. The highest BCUT2D eigenvalue weighted by Gasteiger charge is 2.24. The van der Waals surface area contributed by atoms with Gasteiger partial charge in [0.05, 0.1) is 12.3 Å². The van der Waals surface area contributed by atoms with Crippen molar-refractivity contribution in [2.24, 2.45) is 0 Å². The topological polar surface area (TPSA) is 72.9 Å². The van der Waals surface area contributed by atoms with Gasteiger partial charge in [-0.1, -0.05) is 24.3 Å². The Bertz CT molecular complexity index is 892. The zero-order chi connectivity index (χ0) is 18.7. The first-order valence-electron chi connectivity index (χ1n) is 8.22. The minimum Gasteiger partial charge on any atom is -0.486 e. The van der Waals surface area contributed by atoms with Crippen LogP contribution in [0.5, 0.6) is 11.5 Å². The quantitative estimate of drug-likeness (QED) is 0.801. The molecule has 1 aliphatic heterocycles. The Morgan fingerprint density at radius 1 is 1.12 bits per heavy atom. The molecule has 0 spiro atoms. The number of hydrogen-bond acceptors (Lipinski definition) is 5. The molecule has 0 N–H and O–H groups in total. The summed E-state index contributed by atoms with van der Waals surface area (Å²) in [6.07, 6.45) is 0.938. The summed E-state index contributed by atoms with van der Waals surface area (Å²) in [6, 6.07) is 14.1. The van der Waals surface area contributed by atoms with Gasteiger partial charge in [0.1, 0.15) is 6.61 Å². The van der Waals surface area contributed by atoms with Crippen LogP contribution in [0.3, 0.4) is 0 Å². The molecule has 7 heteroatoms. The molecule has 0 saturated heterocycles. The van der Waals surface area contributed by atoms with Crippen LogP contribution in [0.1, 0.15) is 15.9 Å². The van der Waals surface area contributed by atoms with Gasteiger partial charge >= 0.3 is 0 Å². The molecule has 1 aliphatic rings. The van der Waals surface area contributed by atoms with Gasteiger partial charge in [0.2, 0.25) is 0 Å². The lowest BCUT2D eigenvalue weighted by Crippen LogP contribution is -2.41. The first-order chi connectivity index (χ1) is 12.3. The third-order valence-electron chi connectivity index (χ3n) is 4.02. The predicted molar refractivity (Wildman–Crippen MR) is 98.3 cm³/mol. The van der Waals surface area contributed by atoms with Gasteiger partial charge in [-0.25, -0.2) is 8.42 Å². The fourth-order valence-corrected chi connectivity index (χ4v) is 3.61. The van der Waals surface area contributed by atoms with Crippen LogP contribution in [-0.4, -0.2) is 51.8 Å². The van der Waals surface area contributed by atoms with E-state index in [0.29, 0.717) is 35.8 Å². The van der Waals surface area contributed by atoms with E-state index in [0.717, 1.165) is 0 Å². The Balaban J connectivity index is 1.61. The van der Waals surface area contributed by atoms with Crippen LogP contribution in [0.4, 0.5) is 0 Å². The van der Waals surface area contributed by atoms with Gasteiger partial charge < -0.3 is 14.4 Å². The second-order valence-electron chi connectivity index (χ2n) is 6.45. The van der Waals surface area contributed by atoms with Gasteiger partial charge in [0, 0.05) is 18.9 Å². The molecule has 1 amide bonds. The summed E-state index contributed by atoms with van der Waals surface area (Å²) in [7, 11) is -1.39. The zero-order valence-electron chi connectivity index (χ0n) is 14.7. The summed E-state index contributed by atoms with van der Waals surface area (Å²) < 4.78 is 34.2. The lowest BCUT2D eigenvalue weighted by atomic mass is 10.1. The summed E-state index contributed by atoms with van der Waals surface area (Å²) >= 11 is 0. The summed E-state index contributed by atoms with van der Waals surface area (Å²) in [5, 5.41) is 0. The molecule has 2 aromatic carbocycles. The molecule has 1 heterocycles. The van der Waals surface area contributed by atoms with Crippen molar-refractivity contribution in [2.45, 2.75) is 11.9 Å². The average Bonchev–Trinajstić information content (AvgIpc) is 2.60. The van der Waals surface area contributed by atoms with Crippen LogP contribution in [0, 0.1) is 0 Å². The summed E-state index contributed by atoms with van der Waals surface area (Å²) in [5.74, 6) is 1.19. The zero-order valence-corrected chi connectivity index (χ0v) is 15.5. The van der Waals surface area contributed by atoms with Crippen LogP contribution >= 0.6 is 0 Å². The highest BCUT2D eigenvalue weighted by Crippen LogP contribution is 2.31. The van der Waals surface area contributed by atoms with E-state index >= 15 is 0 Å². The van der Waals surface area contributed by atoms with E-state index in [1.807, 2.05) is 24.3 Å². The number of likely N-dealkylation sites (N-methyl/N-ethyl adjacent to an activating group) is 1. The van der Waals surface area contributed by atoms with Crippen LogP contribution in [-0.2, 0) is 15.6 Å². The highest BCUT2D eigenvalue weighted by molar-refractivity contribution is 7.89. The minimum atomic E-state index is -3.10. The van der Waals surface area contributed by atoms with E-state index in [1.54, 1.807) is 36.2 Å². The number of carbonyl (C=O) groups is 1. The lowest BCUT2D eigenvalue weighted by Gasteiger charge is -2.29. The number of nitrogens with zero attached hydrogens (tertiary/aromatic N) is 1. The Morgan fingerprint density at radius 3 is 2.42 bits per heavy atom. The van der Waals surface area contributed by atoms with Gasteiger partial charge in [-0.15, -0.1) is 0 Å². The first kappa shape index (κ1) is 18.3. The molecule has 138 valence electrons. The number of rotatable bonds is 5. The molecule has 0 aliphatic carbocycles. The molecule has 0 bridgehead atoms. The normalized spacial score (nSPS) is 16.2. The SMILES string of the molecule is CN(C[C@@H]1COc2ccccc2O1)C(=O)c1ccc(CS(C)(=O)=O)cc1. The van der Waals surface area contributed by atoms with Crippen molar-refractivity contribution in [3.05, 3.63) is 59.7 Å². The number of sulfone groups is 1. The van der Waals surface area contributed by atoms with E-state index in [2.05, 4.69) is 0 Å². The molecular formula is C19H21NO5S. The molecular weight excluding hydrogens is 354 g/mol. The smallest absolute Gasteiger partial charge is 0.253 e. The molecule has 3 rings (SSSR count). The minimum absolute atomic E-state index is 0.0377. The fraction of sp³-hybridized carbons (Fsp3) is 0.316. The third kappa shape index (κ3) is 4.54. The average molecular weight is 375 g/mol. The van der Waals surface area contributed by atoms with Crippen molar-refractivity contribution >= 4 is 15.7 Å². The lowest BCUT2D eigenvalue weighted by molar-refractivity contribution is 0.0521. The first-order valence-corrected chi connectivity index (χ1v) is 10.3. The molecule has 0 radical (unpaired) electrons. The van der Waals surface area contributed by atoms with Crippen LogP contribution in [0.2, 0.25) is 0 Å². The standard InChI is InChI=1S/C19H21NO5S/c1-20(11-16-12-24-17-5-3-4-6-18(17)25-16)19(21)15-9-7-14(8-10-15)13-26(2,22)23/h3-10,16H,11-13H2,1-2H3/t16-/m1/s1. The molecule has 6 nitrogen and oxygen atoms in total. The number of carbonyl (C=O) groups excluding carboxylic acids is 1. The van der Waals surface area contributed by atoms with Gasteiger partial charge in [0.15, 0.2) is 27.4 Å². The molecule has 0 fully saturated rings. The van der Waals surface area contributed by atoms with Gasteiger partial charge in [-0.2, -0.15) is 0 Å². The van der Waals surface area contributed by atoms with Crippen molar-refractivity contribution in [1.82, 2.24) is 4.90 Å². The van der Waals surface area contributed by atoms with E-state index in [1.165, 1.54) is 6.26 Å². The largest absolute Gasteiger partial charge is 0.486 e. The summed E-state index contributed by atoms with van der Waals surface area (Å²) in [5.41, 5.74) is 1.16. The summed E-state index contributed by atoms with van der Waals surface area (Å²) in [6.45, 7) is 0.764. The molecule has 0 unspecified atom stereocenters. The van der Waals surface area contributed by atoms with E-state index in [4.69, 9.17) is 9.47 Å². The molecule has 26 heavy (non-hydrogen) atoms. The van der Waals surface area contributed by atoms with Crippen molar-refractivity contribution in [3.63, 3.8) is 0 Å².